The van der Waals surface area contributed by atoms with Gasteiger partial charge in [0.2, 0.25) is 5.91 Å². The molecule has 2 N–H and O–H groups in total. The minimum atomic E-state index is -0.379. The van der Waals surface area contributed by atoms with Gasteiger partial charge in [0.15, 0.2) is 0 Å². The van der Waals surface area contributed by atoms with Crippen LogP contribution in [0, 0.1) is 13.8 Å². The number of carbonyl (C=O) groups excluding carboxylic acids is 1. The highest BCUT2D eigenvalue weighted by molar-refractivity contribution is 5.79. The maximum atomic E-state index is 12.2. The summed E-state index contributed by atoms with van der Waals surface area (Å²) in [6, 6.07) is 9.08. The molecular formula is C16H21N3O2. The molecule has 0 saturated carbocycles. The van der Waals surface area contributed by atoms with E-state index < -0.39 is 0 Å². The lowest BCUT2D eigenvalue weighted by Crippen LogP contribution is -2.32. The molecule has 1 aromatic carbocycles. The van der Waals surface area contributed by atoms with Crippen molar-refractivity contribution in [2.75, 3.05) is 6.61 Å². The monoisotopic (exact) mass is 287 g/mol. The molecule has 0 aliphatic carbocycles. The SMILES string of the molecule is Cc1nn(C)c(C)c1CC(=O)NC(CO)c1ccccc1. The zero-order valence-corrected chi connectivity index (χ0v) is 12.6. The summed E-state index contributed by atoms with van der Waals surface area (Å²) in [6.07, 6.45) is 0.273. The highest BCUT2D eigenvalue weighted by Gasteiger charge is 2.17. The number of rotatable bonds is 5. The predicted molar refractivity (Wildman–Crippen MR) is 80.8 cm³/mol. The van der Waals surface area contributed by atoms with Gasteiger partial charge >= 0.3 is 0 Å². The van der Waals surface area contributed by atoms with E-state index in [0.29, 0.717) is 0 Å². The maximum absolute atomic E-state index is 12.2. The average molecular weight is 287 g/mol. The van der Waals surface area contributed by atoms with E-state index >= 15 is 0 Å². The molecule has 0 aliphatic heterocycles. The molecule has 1 atom stereocenters. The van der Waals surface area contributed by atoms with Gasteiger partial charge in [-0.05, 0) is 19.4 Å². The van der Waals surface area contributed by atoms with Crippen molar-refractivity contribution in [1.29, 1.82) is 0 Å². The van der Waals surface area contributed by atoms with Crippen molar-refractivity contribution >= 4 is 5.91 Å². The van der Waals surface area contributed by atoms with Crippen molar-refractivity contribution in [3.05, 3.63) is 52.8 Å². The molecule has 1 heterocycles. The molecule has 112 valence electrons. The van der Waals surface area contributed by atoms with Gasteiger partial charge in [0.05, 0.1) is 24.8 Å². The summed E-state index contributed by atoms with van der Waals surface area (Å²) >= 11 is 0. The first-order valence-corrected chi connectivity index (χ1v) is 6.97. The standard InChI is InChI=1S/C16H21N3O2/c1-11-14(12(2)19(3)18-11)9-16(21)17-15(10-20)13-7-5-4-6-8-13/h4-8,15,20H,9-10H2,1-3H3,(H,17,21). The van der Waals surface area contributed by atoms with E-state index in [9.17, 15) is 9.90 Å². The molecule has 0 radical (unpaired) electrons. The van der Waals surface area contributed by atoms with E-state index in [2.05, 4.69) is 10.4 Å². The highest BCUT2D eigenvalue weighted by atomic mass is 16.3. The molecule has 2 rings (SSSR count). The number of nitrogens with one attached hydrogen (secondary N) is 1. The Bertz CT molecular complexity index is 620. The third-order valence-electron chi connectivity index (χ3n) is 3.72. The van der Waals surface area contributed by atoms with Crippen molar-refractivity contribution in [3.8, 4) is 0 Å². The van der Waals surface area contributed by atoms with Crippen LogP contribution in [0.4, 0.5) is 0 Å². The van der Waals surface area contributed by atoms with E-state index in [4.69, 9.17) is 0 Å². The molecule has 0 aliphatic rings. The van der Waals surface area contributed by atoms with Gasteiger partial charge in [-0.2, -0.15) is 5.10 Å². The van der Waals surface area contributed by atoms with E-state index in [1.807, 2.05) is 51.2 Å². The number of carbonyl (C=O) groups is 1. The Morgan fingerprint density at radius 2 is 2.00 bits per heavy atom. The summed E-state index contributed by atoms with van der Waals surface area (Å²) < 4.78 is 1.78. The molecule has 0 bridgehead atoms. The Morgan fingerprint density at radius 3 is 2.52 bits per heavy atom. The minimum absolute atomic E-state index is 0.114. The van der Waals surface area contributed by atoms with Gasteiger partial charge in [-0.3, -0.25) is 9.48 Å². The van der Waals surface area contributed by atoms with Crippen LogP contribution < -0.4 is 5.32 Å². The molecule has 5 heteroatoms. The largest absolute Gasteiger partial charge is 0.394 e. The first-order chi connectivity index (χ1) is 10.0. The fraction of sp³-hybridized carbons (Fsp3) is 0.375. The zero-order chi connectivity index (χ0) is 15.4. The second-order valence-electron chi connectivity index (χ2n) is 5.16. The van der Waals surface area contributed by atoms with Crippen LogP contribution >= 0.6 is 0 Å². The van der Waals surface area contributed by atoms with Crippen molar-refractivity contribution in [3.63, 3.8) is 0 Å². The molecule has 1 aromatic heterocycles. The lowest BCUT2D eigenvalue weighted by molar-refractivity contribution is -0.121. The van der Waals surface area contributed by atoms with Gasteiger partial charge in [-0.1, -0.05) is 30.3 Å². The highest BCUT2D eigenvalue weighted by Crippen LogP contribution is 2.15. The summed E-state index contributed by atoms with van der Waals surface area (Å²) in [5.41, 5.74) is 3.70. The van der Waals surface area contributed by atoms with Crippen molar-refractivity contribution in [1.82, 2.24) is 15.1 Å². The van der Waals surface area contributed by atoms with Gasteiger partial charge in [-0.15, -0.1) is 0 Å². The van der Waals surface area contributed by atoms with Crippen LogP contribution in [0.25, 0.3) is 0 Å². The van der Waals surface area contributed by atoms with Crippen LogP contribution in [0.2, 0.25) is 0 Å². The van der Waals surface area contributed by atoms with E-state index in [1.54, 1.807) is 4.68 Å². The Labute approximate surface area is 124 Å². The van der Waals surface area contributed by atoms with Crippen molar-refractivity contribution < 1.29 is 9.90 Å². The zero-order valence-electron chi connectivity index (χ0n) is 12.6. The van der Waals surface area contributed by atoms with Gasteiger partial charge in [0, 0.05) is 18.3 Å². The summed E-state index contributed by atoms with van der Waals surface area (Å²) in [7, 11) is 1.87. The molecule has 0 saturated heterocycles. The predicted octanol–water partition coefficient (Wildman–Crippen LogP) is 1.43. The van der Waals surface area contributed by atoms with E-state index in [0.717, 1.165) is 22.5 Å². The van der Waals surface area contributed by atoms with Crippen LogP contribution in [0.3, 0.4) is 0 Å². The van der Waals surface area contributed by atoms with Crippen LogP contribution in [0.5, 0.6) is 0 Å². The van der Waals surface area contributed by atoms with Crippen molar-refractivity contribution in [2.45, 2.75) is 26.3 Å². The second-order valence-corrected chi connectivity index (χ2v) is 5.16. The summed E-state index contributed by atoms with van der Waals surface area (Å²) in [5.74, 6) is -0.114. The van der Waals surface area contributed by atoms with Crippen molar-refractivity contribution in [2.24, 2.45) is 7.05 Å². The molecule has 5 nitrogen and oxygen atoms in total. The average Bonchev–Trinajstić information content (AvgIpc) is 2.72. The number of aliphatic hydroxyl groups is 1. The van der Waals surface area contributed by atoms with Crippen LogP contribution in [0.1, 0.15) is 28.6 Å². The fourth-order valence-electron chi connectivity index (χ4n) is 2.40. The molecule has 1 amide bonds. The second kappa shape index (κ2) is 6.54. The quantitative estimate of drug-likeness (QED) is 0.874. The Kier molecular flexibility index (Phi) is 4.75. The van der Waals surface area contributed by atoms with Gasteiger partial charge in [0.25, 0.3) is 0 Å². The summed E-state index contributed by atoms with van der Waals surface area (Å²) in [4.78, 5) is 12.2. The number of aliphatic hydroxyl groups excluding tert-OH is 1. The molecular weight excluding hydrogens is 266 g/mol. The molecule has 0 fully saturated rings. The van der Waals surface area contributed by atoms with Gasteiger partial charge in [-0.25, -0.2) is 0 Å². The fourth-order valence-corrected chi connectivity index (χ4v) is 2.40. The summed E-state index contributed by atoms with van der Waals surface area (Å²) in [6.45, 7) is 3.72. The number of hydrogen-bond acceptors (Lipinski definition) is 3. The van der Waals surface area contributed by atoms with Crippen LogP contribution in [-0.2, 0) is 18.3 Å². The smallest absolute Gasteiger partial charge is 0.225 e. The maximum Gasteiger partial charge on any atom is 0.225 e. The van der Waals surface area contributed by atoms with E-state index in [1.165, 1.54) is 0 Å². The Balaban J connectivity index is 2.07. The number of aryl methyl sites for hydroxylation is 2. The first kappa shape index (κ1) is 15.3. The van der Waals surface area contributed by atoms with Gasteiger partial charge in [0.1, 0.15) is 0 Å². The number of nitrogens with zero attached hydrogens (tertiary/aromatic N) is 2. The Morgan fingerprint density at radius 1 is 1.33 bits per heavy atom. The van der Waals surface area contributed by atoms with Crippen LogP contribution in [-0.4, -0.2) is 27.4 Å². The number of aromatic nitrogens is 2. The molecule has 1 unspecified atom stereocenters. The third kappa shape index (κ3) is 3.49. The number of benzene rings is 1. The summed E-state index contributed by atoms with van der Waals surface area (Å²) in [5, 5.41) is 16.7. The lowest BCUT2D eigenvalue weighted by Gasteiger charge is -2.16. The number of hydrogen-bond donors (Lipinski definition) is 2. The third-order valence-corrected chi connectivity index (χ3v) is 3.72. The molecule has 0 spiro atoms. The Hall–Kier alpha value is -2.14. The first-order valence-electron chi connectivity index (χ1n) is 6.97. The minimum Gasteiger partial charge on any atom is -0.394 e. The molecule has 2 aromatic rings. The normalized spacial score (nSPS) is 12.2. The topological polar surface area (TPSA) is 67.2 Å². The molecule has 21 heavy (non-hydrogen) atoms. The number of amides is 1. The van der Waals surface area contributed by atoms with Gasteiger partial charge < -0.3 is 10.4 Å². The van der Waals surface area contributed by atoms with E-state index in [-0.39, 0.29) is 25.0 Å². The lowest BCUT2D eigenvalue weighted by atomic mass is 10.1. The van der Waals surface area contributed by atoms with Crippen LogP contribution in [0.15, 0.2) is 30.3 Å².